The molecule has 1 atom stereocenters. The van der Waals surface area contributed by atoms with E-state index in [0.29, 0.717) is 37.3 Å². The normalized spacial score (nSPS) is 23.8. The fraction of sp³-hybridized carbons (Fsp3) is 0.389. The first-order chi connectivity index (χ1) is 11.0. The first-order valence-electron chi connectivity index (χ1n) is 7.74. The van der Waals surface area contributed by atoms with Crippen molar-refractivity contribution in [2.45, 2.75) is 37.7 Å². The van der Waals surface area contributed by atoms with Crippen molar-refractivity contribution in [1.82, 2.24) is 4.90 Å². The summed E-state index contributed by atoms with van der Waals surface area (Å²) in [6, 6.07) is 7.18. The zero-order valence-electron chi connectivity index (χ0n) is 12.7. The molecule has 5 heteroatoms. The van der Waals surface area contributed by atoms with Crippen LogP contribution in [-0.2, 0) is 0 Å². The van der Waals surface area contributed by atoms with Crippen molar-refractivity contribution in [3.05, 3.63) is 46.1 Å². The first-order valence-corrected chi connectivity index (χ1v) is 8.11. The van der Waals surface area contributed by atoms with Crippen LogP contribution in [0.1, 0.15) is 37.7 Å². The summed E-state index contributed by atoms with van der Waals surface area (Å²) in [4.78, 5) is 12.8. The Hall–Kier alpha value is -1.96. The van der Waals surface area contributed by atoms with Crippen LogP contribution in [0.25, 0.3) is 0 Å². The van der Waals surface area contributed by atoms with E-state index in [1.54, 1.807) is 12.1 Å². The lowest BCUT2D eigenvalue weighted by atomic mass is 9.77. The number of hydrogen-bond donors (Lipinski definition) is 2. The Balaban J connectivity index is 1.98. The predicted octanol–water partition coefficient (Wildman–Crippen LogP) is 3.63. The molecular formula is C18H18ClNO3. The maximum Gasteiger partial charge on any atom is 0.411 e. The molecule has 1 unspecified atom stereocenters. The minimum absolute atomic E-state index is 0.492. The summed E-state index contributed by atoms with van der Waals surface area (Å²) in [5, 5.41) is 21.0. The summed E-state index contributed by atoms with van der Waals surface area (Å²) in [5.41, 5.74) is 0.999. The minimum Gasteiger partial charge on any atom is -0.465 e. The molecule has 0 saturated heterocycles. The van der Waals surface area contributed by atoms with Crippen molar-refractivity contribution in [2.75, 3.05) is 6.54 Å². The Morgan fingerprint density at radius 1 is 1.30 bits per heavy atom. The molecule has 0 fully saturated rings. The molecule has 0 spiro atoms. The molecule has 2 N–H and O–H groups in total. The van der Waals surface area contributed by atoms with E-state index < -0.39 is 11.7 Å². The van der Waals surface area contributed by atoms with E-state index in [9.17, 15) is 15.0 Å². The van der Waals surface area contributed by atoms with Crippen LogP contribution < -0.4 is 0 Å². The highest BCUT2D eigenvalue weighted by Crippen LogP contribution is 2.40. The third-order valence-electron chi connectivity index (χ3n) is 4.40. The van der Waals surface area contributed by atoms with Crippen LogP contribution in [0.2, 0.25) is 5.02 Å². The zero-order chi connectivity index (χ0) is 16.4. The van der Waals surface area contributed by atoms with E-state index in [1.807, 2.05) is 12.1 Å². The maximum absolute atomic E-state index is 11.4. The quantitative estimate of drug-likeness (QED) is 0.714. The molecule has 1 aromatic carbocycles. The summed E-state index contributed by atoms with van der Waals surface area (Å²) in [5.74, 6) is 5.96. The molecular weight excluding hydrogens is 314 g/mol. The van der Waals surface area contributed by atoms with Gasteiger partial charge >= 0.3 is 6.09 Å². The maximum atomic E-state index is 11.4. The van der Waals surface area contributed by atoms with Crippen LogP contribution in [0.15, 0.2) is 35.5 Å². The number of rotatable bonds is 0. The molecule has 1 aromatic rings. The lowest BCUT2D eigenvalue weighted by molar-refractivity contribution is 0.0962. The highest BCUT2D eigenvalue weighted by atomic mass is 35.5. The average molecular weight is 332 g/mol. The highest BCUT2D eigenvalue weighted by molar-refractivity contribution is 6.30. The van der Waals surface area contributed by atoms with Gasteiger partial charge < -0.3 is 10.2 Å². The SMILES string of the molecule is O=C(O)N1CCCC2=C1CCCC2(O)C#Cc1cccc(Cl)c1. The van der Waals surface area contributed by atoms with Crippen molar-refractivity contribution >= 4 is 17.7 Å². The van der Waals surface area contributed by atoms with Crippen molar-refractivity contribution in [1.29, 1.82) is 0 Å². The van der Waals surface area contributed by atoms with Gasteiger partial charge in [-0.3, -0.25) is 4.90 Å². The molecule has 3 rings (SSSR count). The number of nitrogens with zero attached hydrogens (tertiary/aromatic N) is 1. The molecule has 2 aliphatic rings. The second-order valence-electron chi connectivity index (χ2n) is 5.94. The van der Waals surface area contributed by atoms with Gasteiger partial charge in [-0.05, 0) is 55.9 Å². The molecule has 0 aromatic heterocycles. The number of hydrogen-bond acceptors (Lipinski definition) is 2. The zero-order valence-corrected chi connectivity index (χ0v) is 13.4. The third-order valence-corrected chi connectivity index (χ3v) is 4.64. The van der Waals surface area contributed by atoms with E-state index >= 15 is 0 Å². The van der Waals surface area contributed by atoms with Gasteiger partial charge in [-0.25, -0.2) is 4.79 Å². The van der Waals surface area contributed by atoms with E-state index in [2.05, 4.69) is 11.8 Å². The molecule has 4 nitrogen and oxygen atoms in total. The van der Waals surface area contributed by atoms with Crippen molar-refractivity contribution in [3.63, 3.8) is 0 Å². The molecule has 120 valence electrons. The van der Waals surface area contributed by atoms with E-state index in [1.165, 1.54) is 4.90 Å². The smallest absolute Gasteiger partial charge is 0.411 e. The third kappa shape index (κ3) is 3.21. The Labute approximate surface area is 140 Å². The van der Waals surface area contributed by atoms with Crippen molar-refractivity contribution in [2.24, 2.45) is 0 Å². The van der Waals surface area contributed by atoms with E-state index in [0.717, 1.165) is 23.3 Å². The van der Waals surface area contributed by atoms with E-state index in [4.69, 9.17) is 11.6 Å². The van der Waals surface area contributed by atoms with Crippen LogP contribution in [0.5, 0.6) is 0 Å². The molecule has 0 radical (unpaired) electrons. The van der Waals surface area contributed by atoms with Crippen molar-refractivity contribution in [3.8, 4) is 11.8 Å². The average Bonchev–Trinajstić information content (AvgIpc) is 2.53. The number of allylic oxidation sites excluding steroid dienone is 1. The first kappa shape index (κ1) is 15.9. The summed E-state index contributed by atoms with van der Waals surface area (Å²) in [6.45, 7) is 0.492. The second-order valence-corrected chi connectivity index (χ2v) is 6.37. The number of aliphatic hydroxyl groups is 1. The van der Waals surface area contributed by atoms with Crippen molar-refractivity contribution < 1.29 is 15.0 Å². The lowest BCUT2D eigenvalue weighted by Crippen LogP contribution is -2.42. The van der Waals surface area contributed by atoms with E-state index in [-0.39, 0.29) is 0 Å². The van der Waals surface area contributed by atoms with Gasteiger partial charge in [0.05, 0.1) is 0 Å². The Kier molecular flexibility index (Phi) is 4.34. The van der Waals surface area contributed by atoms with Crippen LogP contribution >= 0.6 is 11.6 Å². The molecule has 1 aliphatic heterocycles. The summed E-state index contributed by atoms with van der Waals surface area (Å²) < 4.78 is 0. The minimum atomic E-state index is -1.25. The molecule has 23 heavy (non-hydrogen) atoms. The van der Waals surface area contributed by atoms with Gasteiger partial charge in [0, 0.05) is 22.8 Å². The fourth-order valence-electron chi connectivity index (χ4n) is 3.34. The van der Waals surface area contributed by atoms with Crippen LogP contribution in [0, 0.1) is 11.8 Å². The standard InChI is InChI=1S/C18H18ClNO3/c19-14-5-1-4-13(12-14)8-10-18(23)9-2-7-16-15(18)6-3-11-20(16)17(21)22/h1,4-5,12,23H,2-3,6-7,9,11H2,(H,21,22). The monoisotopic (exact) mass is 331 g/mol. The van der Waals surface area contributed by atoms with Crippen LogP contribution in [-0.4, -0.2) is 33.4 Å². The Morgan fingerprint density at radius 2 is 2.13 bits per heavy atom. The number of amides is 1. The topological polar surface area (TPSA) is 60.8 Å². The van der Waals surface area contributed by atoms with Gasteiger partial charge in [0.2, 0.25) is 0 Å². The van der Waals surface area contributed by atoms with Gasteiger partial charge in [-0.15, -0.1) is 0 Å². The molecule has 1 amide bonds. The number of benzene rings is 1. The lowest BCUT2D eigenvalue weighted by Gasteiger charge is -2.39. The number of carbonyl (C=O) groups is 1. The predicted molar refractivity (Wildman–Crippen MR) is 88.1 cm³/mol. The van der Waals surface area contributed by atoms with Crippen LogP contribution in [0.3, 0.4) is 0 Å². The molecule has 1 aliphatic carbocycles. The Bertz CT molecular complexity index is 731. The number of carboxylic acid groups (broad SMARTS) is 1. The summed E-state index contributed by atoms with van der Waals surface area (Å²) in [7, 11) is 0. The largest absolute Gasteiger partial charge is 0.465 e. The molecule has 0 bridgehead atoms. The van der Waals surface area contributed by atoms with Gasteiger partial charge in [-0.1, -0.05) is 29.5 Å². The number of halogens is 1. The van der Waals surface area contributed by atoms with Gasteiger partial charge in [0.15, 0.2) is 0 Å². The Morgan fingerprint density at radius 3 is 2.87 bits per heavy atom. The molecule has 0 saturated carbocycles. The summed E-state index contributed by atoms with van der Waals surface area (Å²) >= 11 is 5.95. The van der Waals surface area contributed by atoms with Gasteiger partial charge in [-0.2, -0.15) is 0 Å². The van der Waals surface area contributed by atoms with Crippen LogP contribution in [0.4, 0.5) is 4.79 Å². The summed E-state index contributed by atoms with van der Waals surface area (Å²) in [6.07, 6.45) is 2.40. The fourth-order valence-corrected chi connectivity index (χ4v) is 3.53. The molecule has 1 heterocycles. The second kappa shape index (κ2) is 6.27. The highest BCUT2D eigenvalue weighted by Gasteiger charge is 2.39. The van der Waals surface area contributed by atoms with Gasteiger partial charge in [0.25, 0.3) is 0 Å². The van der Waals surface area contributed by atoms with Gasteiger partial charge in [0.1, 0.15) is 5.60 Å².